The smallest absolute Gasteiger partial charge is 0.126 e. The van der Waals surface area contributed by atoms with Crippen LogP contribution in [0.1, 0.15) is 11.1 Å². The second-order valence-electron chi connectivity index (χ2n) is 5.45. The Balaban J connectivity index is 2.51. The number of ether oxygens (including phenoxy) is 2. The van der Waals surface area contributed by atoms with Crippen LogP contribution in [0.2, 0.25) is 0 Å². The van der Waals surface area contributed by atoms with E-state index in [1.165, 1.54) is 5.56 Å². The van der Waals surface area contributed by atoms with Crippen LogP contribution in [0.3, 0.4) is 0 Å². The van der Waals surface area contributed by atoms with Gasteiger partial charge in [0.2, 0.25) is 0 Å². The topological polar surface area (TPSA) is 41.9 Å². The maximum absolute atomic E-state index is 9.74. The fourth-order valence-corrected chi connectivity index (χ4v) is 2.53. The van der Waals surface area contributed by atoms with Crippen LogP contribution in [-0.4, -0.2) is 38.3 Å². The molecular weight excluding hydrogens is 278 g/mol. The Morgan fingerprint density at radius 2 is 1.73 bits per heavy atom. The largest absolute Gasteiger partial charge is 0.497 e. The van der Waals surface area contributed by atoms with E-state index >= 15 is 0 Å². The molecule has 0 saturated heterocycles. The maximum Gasteiger partial charge on any atom is 0.126 e. The fraction of sp³-hybridized carbons (Fsp3) is 0.333. The summed E-state index contributed by atoms with van der Waals surface area (Å²) in [7, 11) is 7.33. The first-order valence-electron chi connectivity index (χ1n) is 7.18. The average Bonchev–Trinajstić information content (AvgIpc) is 2.53. The van der Waals surface area contributed by atoms with Crippen molar-refractivity contribution in [2.75, 3.05) is 28.3 Å². The lowest BCUT2D eigenvalue weighted by molar-refractivity contribution is 0.282. The van der Waals surface area contributed by atoms with Gasteiger partial charge >= 0.3 is 0 Å². The monoisotopic (exact) mass is 301 g/mol. The van der Waals surface area contributed by atoms with E-state index in [-0.39, 0.29) is 6.61 Å². The Kier molecular flexibility index (Phi) is 5.41. The van der Waals surface area contributed by atoms with E-state index in [0.29, 0.717) is 0 Å². The summed E-state index contributed by atoms with van der Waals surface area (Å²) in [6.45, 7) is 0.819. The van der Waals surface area contributed by atoms with Gasteiger partial charge in [-0.15, -0.1) is 0 Å². The normalized spacial score (nSPS) is 10.8. The molecule has 0 unspecified atom stereocenters. The van der Waals surface area contributed by atoms with Gasteiger partial charge in [0.15, 0.2) is 0 Å². The Morgan fingerprint density at radius 3 is 2.32 bits per heavy atom. The van der Waals surface area contributed by atoms with Gasteiger partial charge in [-0.25, -0.2) is 0 Å². The van der Waals surface area contributed by atoms with Gasteiger partial charge in [-0.05, 0) is 49.0 Å². The van der Waals surface area contributed by atoms with E-state index in [4.69, 9.17) is 9.47 Å². The van der Waals surface area contributed by atoms with Crippen LogP contribution >= 0.6 is 0 Å². The average molecular weight is 301 g/mol. The first-order valence-corrected chi connectivity index (χ1v) is 7.18. The second-order valence-corrected chi connectivity index (χ2v) is 5.45. The maximum atomic E-state index is 9.74. The summed E-state index contributed by atoms with van der Waals surface area (Å²) >= 11 is 0. The summed E-state index contributed by atoms with van der Waals surface area (Å²) in [4.78, 5) is 2.10. The van der Waals surface area contributed by atoms with Crippen LogP contribution < -0.4 is 9.47 Å². The van der Waals surface area contributed by atoms with Gasteiger partial charge in [0, 0.05) is 12.1 Å². The van der Waals surface area contributed by atoms with Crippen molar-refractivity contribution < 1.29 is 14.6 Å². The zero-order chi connectivity index (χ0) is 16.1. The van der Waals surface area contributed by atoms with Gasteiger partial charge < -0.3 is 19.5 Å². The highest BCUT2D eigenvalue weighted by Crippen LogP contribution is 2.35. The predicted molar refractivity (Wildman–Crippen MR) is 88.3 cm³/mol. The van der Waals surface area contributed by atoms with Gasteiger partial charge in [-0.3, -0.25) is 0 Å². The molecule has 0 aromatic heterocycles. The number of benzene rings is 2. The van der Waals surface area contributed by atoms with E-state index in [1.807, 2.05) is 44.4 Å². The van der Waals surface area contributed by atoms with Crippen molar-refractivity contribution in [3.63, 3.8) is 0 Å². The van der Waals surface area contributed by atoms with Crippen LogP contribution in [-0.2, 0) is 13.2 Å². The Morgan fingerprint density at radius 1 is 0.955 bits per heavy atom. The van der Waals surface area contributed by atoms with Crippen molar-refractivity contribution in [3.8, 4) is 22.6 Å². The molecule has 0 heterocycles. The molecule has 0 saturated carbocycles. The third kappa shape index (κ3) is 3.59. The van der Waals surface area contributed by atoms with Crippen molar-refractivity contribution in [2.45, 2.75) is 13.2 Å². The van der Waals surface area contributed by atoms with Crippen LogP contribution in [0.25, 0.3) is 11.1 Å². The molecule has 4 heteroatoms. The highest BCUT2D eigenvalue weighted by Gasteiger charge is 2.12. The molecule has 0 amide bonds. The molecule has 0 atom stereocenters. The number of aliphatic hydroxyl groups excluding tert-OH is 1. The molecule has 0 radical (unpaired) electrons. The minimum absolute atomic E-state index is 0.0169. The van der Waals surface area contributed by atoms with Gasteiger partial charge in [0.25, 0.3) is 0 Å². The number of hydrogen-bond donors (Lipinski definition) is 1. The van der Waals surface area contributed by atoms with Crippen LogP contribution in [0.4, 0.5) is 0 Å². The fourth-order valence-electron chi connectivity index (χ4n) is 2.53. The van der Waals surface area contributed by atoms with Crippen LogP contribution in [0, 0.1) is 0 Å². The third-order valence-corrected chi connectivity index (χ3v) is 3.54. The zero-order valence-electron chi connectivity index (χ0n) is 13.6. The van der Waals surface area contributed by atoms with E-state index in [2.05, 4.69) is 11.0 Å². The summed E-state index contributed by atoms with van der Waals surface area (Å²) < 4.78 is 10.7. The number of aliphatic hydroxyl groups is 1. The van der Waals surface area contributed by atoms with Crippen LogP contribution in [0.5, 0.6) is 11.5 Å². The Labute approximate surface area is 131 Å². The highest BCUT2D eigenvalue weighted by atomic mass is 16.5. The number of rotatable bonds is 6. The van der Waals surface area contributed by atoms with Crippen molar-refractivity contribution in [1.82, 2.24) is 4.90 Å². The molecule has 0 aliphatic carbocycles. The second kappa shape index (κ2) is 7.29. The van der Waals surface area contributed by atoms with Gasteiger partial charge in [-0.2, -0.15) is 0 Å². The molecule has 0 aliphatic heterocycles. The molecule has 2 aromatic rings. The summed E-state index contributed by atoms with van der Waals surface area (Å²) in [5, 5.41) is 9.74. The number of nitrogens with zero attached hydrogens (tertiary/aromatic N) is 1. The minimum atomic E-state index is -0.0169. The highest BCUT2D eigenvalue weighted by molar-refractivity contribution is 5.75. The lowest BCUT2D eigenvalue weighted by atomic mass is 9.96. The van der Waals surface area contributed by atoms with Gasteiger partial charge in [0.05, 0.1) is 20.8 Å². The summed E-state index contributed by atoms with van der Waals surface area (Å²) in [5.74, 6) is 1.52. The van der Waals surface area contributed by atoms with Crippen molar-refractivity contribution >= 4 is 0 Å². The molecule has 118 valence electrons. The van der Waals surface area contributed by atoms with E-state index < -0.39 is 0 Å². The van der Waals surface area contributed by atoms with E-state index in [9.17, 15) is 5.11 Å². The lowest BCUT2D eigenvalue weighted by Gasteiger charge is -2.16. The third-order valence-electron chi connectivity index (χ3n) is 3.54. The summed E-state index contributed by atoms with van der Waals surface area (Å²) in [6.07, 6.45) is 0. The van der Waals surface area contributed by atoms with Gasteiger partial charge in [-0.1, -0.05) is 18.2 Å². The Hall–Kier alpha value is -2.04. The minimum Gasteiger partial charge on any atom is -0.497 e. The Bertz CT molecular complexity index is 638. The molecule has 0 spiro atoms. The van der Waals surface area contributed by atoms with E-state index in [0.717, 1.165) is 34.7 Å². The molecule has 2 aromatic carbocycles. The SMILES string of the molecule is COc1ccc(OC)c(-c2ccc(CN(C)C)cc2CO)c1. The zero-order valence-corrected chi connectivity index (χ0v) is 13.6. The molecule has 4 nitrogen and oxygen atoms in total. The standard InChI is InChI=1S/C18H23NO3/c1-19(2)11-13-5-7-16(14(9-13)12-20)17-10-15(21-3)6-8-18(17)22-4/h5-10,20H,11-12H2,1-4H3. The summed E-state index contributed by atoms with van der Waals surface area (Å²) in [6, 6.07) is 11.8. The van der Waals surface area contributed by atoms with Crippen molar-refractivity contribution in [2.24, 2.45) is 0 Å². The van der Waals surface area contributed by atoms with Gasteiger partial charge in [0.1, 0.15) is 11.5 Å². The molecule has 22 heavy (non-hydrogen) atoms. The lowest BCUT2D eigenvalue weighted by Crippen LogP contribution is -2.11. The van der Waals surface area contributed by atoms with Crippen molar-refractivity contribution in [3.05, 3.63) is 47.5 Å². The molecular formula is C18H23NO3. The first kappa shape index (κ1) is 16.3. The van der Waals surface area contributed by atoms with Crippen molar-refractivity contribution in [1.29, 1.82) is 0 Å². The molecule has 0 fully saturated rings. The molecule has 1 N–H and O–H groups in total. The van der Waals surface area contributed by atoms with E-state index in [1.54, 1.807) is 14.2 Å². The molecule has 2 rings (SSSR count). The predicted octanol–water partition coefficient (Wildman–Crippen LogP) is 2.92. The summed E-state index contributed by atoms with van der Waals surface area (Å²) in [5.41, 5.74) is 3.92. The molecule has 0 aliphatic rings. The quantitative estimate of drug-likeness (QED) is 0.891. The number of methoxy groups -OCH3 is 2. The van der Waals surface area contributed by atoms with Crippen LogP contribution in [0.15, 0.2) is 36.4 Å². The first-order chi connectivity index (χ1) is 10.6. The number of hydrogen-bond acceptors (Lipinski definition) is 4. The molecule has 0 bridgehead atoms.